The first-order valence-corrected chi connectivity index (χ1v) is 18.1. The Morgan fingerprint density at radius 1 is 1.00 bits per heavy atom. The molecule has 0 bridgehead atoms. The number of unbranched alkanes of at least 4 members (excludes halogenated alkanes) is 1. The number of nitrogens with two attached hydrogens (primary N) is 1. The maximum atomic E-state index is 14.0. The number of hydrogen-bond donors (Lipinski definition) is 2. The number of aryl methyl sites for hydroxylation is 2. The summed E-state index contributed by atoms with van der Waals surface area (Å²) in [6.45, 7) is 11.0. The Bertz CT molecular complexity index is 1820. The van der Waals surface area contributed by atoms with Crippen molar-refractivity contribution in [3.05, 3.63) is 65.5 Å². The van der Waals surface area contributed by atoms with Crippen LogP contribution in [-0.4, -0.2) is 97.2 Å². The number of fused-ring (bicyclic) bond motifs is 3. The Balaban J connectivity index is 1.31. The molecular weight excluding hydrogens is 646 g/mol. The van der Waals surface area contributed by atoms with Gasteiger partial charge in [0.2, 0.25) is 5.91 Å². The summed E-state index contributed by atoms with van der Waals surface area (Å²) in [5, 5.41) is 10.2. The Hall–Kier alpha value is -4.71. The molecule has 1 aliphatic heterocycles. The Morgan fingerprint density at radius 2 is 1.69 bits per heavy atom. The fourth-order valence-electron chi connectivity index (χ4n) is 6.78. The summed E-state index contributed by atoms with van der Waals surface area (Å²) in [5.74, 6) is 0.549. The number of imidazole rings is 1. The molecule has 3 heterocycles. The number of ether oxygens (including phenoxy) is 1. The van der Waals surface area contributed by atoms with Gasteiger partial charge in [0.1, 0.15) is 16.9 Å². The largest absolute Gasteiger partial charge is 0.481 e. The van der Waals surface area contributed by atoms with E-state index in [0.717, 1.165) is 71.0 Å². The third-order valence-electron chi connectivity index (χ3n) is 9.50. The highest BCUT2D eigenvalue weighted by molar-refractivity contribution is 6.06. The van der Waals surface area contributed by atoms with Crippen molar-refractivity contribution in [2.45, 2.75) is 97.4 Å². The molecule has 1 aliphatic rings. The van der Waals surface area contributed by atoms with Crippen LogP contribution in [0.15, 0.2) is 48.5 Å². The molecule has 1 fully saturated rings. The molecule has 274 valence electrons. The van der Waals surface area contributed by atoms with Crippen LogP contribution in [0, 0.1) is 0 Å². The monoisotopic (exact) mass is 699 g/mol. The normalized spacial score (nSPS) is 14.2. The molecule has 2 aromatic heterocycles. The molecular formula is C39H53N7O5. The van der Waals surface area contributed by atoms with Crippen LogP contribution in [0.3, 0.4) is 0 Å². The van der Waals surface area contributed by atoms with E-state index in [9.17, 15) is 19.5 Å². The standard InChI is InChI=1S/C39H53N7O5/c1-6-7-13-32-42-35-36(30-11-8-9-12-31(30)41-37(35)40)46(32)21-10-20-45(25-28-16-14-27(15-17-28)24-34(48)49)33(47)26-44-22-18-29(19-23-44)43(5)38(50)51-39(2,3)4/h8-9,11-12,14-17,29H,6-7,10,13,18-26H2,1-5H3,(H2,40,41)(H,48,49). The van der Waals surface area contributed by atoms with Crippen molar-refractivity contribution in [3.8, 4) is 0 Å². The van der Waals surface area contributed by atoms with Gasteiger partial charge in [-0.3, -0.25) is 14.5 Å². The molecule has 2 amide bonds. The zero-order valence-corrected chi connectivity index (χ0v) is 30.7. The van der Waals surface area contributed by atoms with Crippen molar-refractivity contribution in [3.63, 3.8) is 0 Å². The molecule has 3 N–H and O–H groups in total. The Kier molecular flexibility index (Phi) is 12.2. The number of likely N-dealkylation sites (tertiary alicyclic amines) is 1. The van der Waals surface area contributed by atoms with Gasteiger partial charge in [-0.15, -0.1) is 0 Å². The van der Waals surface area contributed by atoms with Gasteiger partial charge >= 0.3 is 12.1 Å². The number of nitrogen functional groups attached to an aromatic ring is 1. The average Bonchev–Trinajstić information content (AvgIpc) is 3.45. The SMILES string of the molecule is CCCCc1nc2c(N)nc3ccccc3c2n1CCCN(Cc1ccc(CC(=O)O)cc1)C(=O)CN1CCC(N(C)C(=O)OC(C)(C)C)CC1. The number of rotatable bonds is 14. The minimum Gasteiger partial charge on any atom is -0.481 e. The van der Waals surface area contributed by atoms with Crippen molar-refractivity contribution in [1.29, 1.82) is 0 Å². The van der Waals surface area contributed by atoms with E-state index in [1.165, 1.54) is 0 Å². The van der Waals surface area contributed by atoms with Crippen molar-refractivity contribution < 1.29 is 24.2 Å². The van der Waals surface area contributed by atoms with Gasteiger partial charge in [-0.25, -0.2) is 14.8 Å². The first-order valence-electron chi connectivity index (χ1n) is 18.1. The quantitative estimate of drug-likeness (QED) is 0.165. The topological polar surface area (TPSA) is 147 Å². The van der Waals surface area contributed by atoms with E-state index >= 15 is 0 Å². The number of carbonyl (C=O) groups is 3. The number of aliphatic carboxylic acids is 1. The van der Waals surface area contributed by atoms with E-state index in [4.69, 9.17) is 15.5 Å². The van der Waals surface area contributed by atoms with Gasteiger partial charge in [-0.05, 0) is 63.6 Å². The minimum absolute atomic E-state index is 0.0316. The minimum atomic E-state index is -0.878. The summed E-state index contributed by atoms with van der Waals surface area (Å²) in [6.07, 6.45) is 4.71. The van der Waals surface area contributed by atoms with Crippen molar-refractivity contribution in [2.75, 3.05) is 39.0 Å². The van der Waals surface area contributed by atoms with Crippen LogP contribution in [0.2, 0.25) is 0 Å². The molecule has 0 unspecified atom stereocenters. The number of amides is 2. The van der Waals surface area contributed by atoms with E-state index in [1.54, 1.807) is 11.9 Å². The summed E-state index contributed by atoms with van der Waals surface area (Å²) in [7, 11) is 1.79. The molecule has 0 aliphatic carbocycles. The summed E-state index contributed by atoms with van der Waals surface area (Å²) in [6, 6.07) is 15.5. The van der Waals surface area contributed by atoms with Gasteiger partial charge in [0.15, 0.2) is 5.82 Å². The Morgan fingerprint density at radius 3 is 2.35 bits per heavy atom. The summed E-state index contributed by atoms with van der Waals surface area (Å²) in [5.41, 5.74) is 10.1. The van der Waals surface area contributed by atoms with Gasteiger partial charge in [0, 0.05) is 57.6 Å². The molecule has 0 saturated carbocycles. The third kappa shape index (κ3) is 9.75. The van der Waals surface area contributed by atoms with Gasteiger partial charge in [0.05, 0.1) is 24.0 Å². The number of aromatic nitrogens is 3. The lowest BCUT2D eigenvalue weighted by Crippen LogP contribution is -2.49. The fourth-order valence-corrected chi connectivity index (χ4v) is 6.78. The molecule has 1 saturated heterocycles. The first-order chi connectivity index (χ1) is 24.3. The van der Waals surface area contributed by atoms with Crippen LogP contribution in [0.5, 0.6) is 0 Å². The van der Waals surface area contributed by atoms with Gasteiger partial charge in [-0.1, -0.05) is 55.8 Å². The maximum absolute atomic E-state index is 14.0. The predicted molar refractivity (Wildman–Crippen MR) is 199 cm³/mol. The highest BCUT2D eigenvalue weighted by Crippen LogP contribution is 2.30. The van der Waals surface area contributed by atoms with E-state index in [-0.39, 0.29) is 31.0 Å². The van der Waals surface area contributed by atoms with E-state index in [2.05, 4.69) is 27.4 Å². The van der Waals surface area contributed by atoms with E-state index in [0.29, 0.717) is 45.0 Å². The molecule has 4 aromatic rings. The van der Waals surface area contributed by atoms with Crippen LogP contribution < -0.4 is 5.73 Å². The molecule has 0 spiro atoms. The predicted octanol–water partition coefficient (Wildman–Crippen LogP) is 5.89. The number of anilines is 1. The average molecular weight is 700 g/mol. The molecule has 5 rings (SSSR count). The highest BCUT2D eigenvalue weighted by atomic mass is 16.6. The number of pyridine rings is 1. The van der Waals surface area contributed by atoms with Crippen LogP contribution in [0.4, 0.5) is 10.6 Å². The first kappa shape index (κ1) is 37.5. The molecule has 0 atom stereocenters. The molecule has 2 aromatic carbocycles. The number of nitrogens with zero attached hydrogens (tertiary/aromatic N) is 6. The highest BCUT2D eigenvalue weighted by Gasteiger charge is 2.30. The zero-order valence-electron chi connectivity index (χ0n) is 30.7. The molecule has 0 radical (unpaired) electrons. The van der Waals surface area contributed by atoms with Crippen LogP contribution in [0.1, 0.15) is 76.8 Å². The lowest BCUT2D eigenvalue weighted by Gasteiger charge is -2.37. The smallest absolute Gasteiger partial charge is 0.410 e. The van der Waals surface area contributed by atoms with Crippen LogP contribution >= 0.6 is 0 Å². The van der Waals surface area contributed by atoms with E-state index < -0.39 is 11.6 Å². The fraction of sp³-hybridized carbons (Fsp3) is 0.513. The second-order valence-corrected chi connectivity index (χ2v) is 14.6. The molecule has 12 heteroatoms. The van der Waals surface area contributed by atoms with Gasteiger partial charge in [0.25, 0.3) is 0 Å². The number of piperidine rings is 1. The van der Waals surface area contributed by atoms with Crippen molar-refractivity contribution in [2.24, 2.45) is 0 Å². The second-order valence-electron chi connectivity index (χ2n) is 14.6. The van der Waals surface area contributed by atoms with Crippen LogP contribution in [0.25, 0.3) is 21.9 Å². The zero-order chi connectivity index (χ0) is 36.7. The second kappa shape index (κ2) is 16.5. The molecule has 12 nitrogen and oxygen atoms in total. The number of carboxylic acids is 1. The lowest BCUT2D eigenvalue weighted by molar-refractivity contribution is -0.136. The lowest BCUT2D eigenvalue weighted by atomic mass is 10.0. The van der Waals surface area contributed by atoms with Gasteiger partial charge in [-0.2, -0.15) is 0 Å². The van der Waals surface area contributed by atoms with Crippen molar-refractivity contribution >= 4 is 45.7 Å². The number of benzene rings is 2. The molecule has 51 heavy (non-hydrogen) atoms. The van der Waals surface area contributed by atoms with Crippen molar-refractivity contribution in [1.82, 2.24) is 29.2 Å². The van der Waals surface area contributed by atoms with Gasteiger partial charge < -0.3 is 29.9 Å². The maximum Gasteiger partial charge on any atom is 0.410 e. The number of hydrogen-bond acceptors (Lipinski definition) is 8. The summed E-state index contributed by atoms with van der Waals surface area (Å²) < 4.78 is 7.83. The Labute approximate surface area is 300 Å². The third-order valence-corrected chi connectivity index (χ3v) is 9.50. The number of carbonyl (C=O) groups excluding carboxylic acids is 2. The van der Waals surface area contributed by atoms with Crippen LogP contribution in [-0.2, 0) is 40.3 Å². The summed E-state index contributed by atoms with van der Waals surface area (Å²) in [4.78, 5) is 53.2. The summed E-state index contributed by atoms with van der Waals surface area (Å²) >= 11 is 0. The number of para-hydroxylation sites is 1. The number of carboxylic acid groups (broad SMARTS) is 1. The van der Waals surface area contributed by atoms with E-state index in [1.807, 2.05) is 68.1 Å².